The number of rotatable bonds is 3. The third-order valence-corrected chi connectivity index (χ3v) is 5.21. The van der Waals surface area contributed by atoms with Crippen LogP contribution in [0.5, 0.6) is 5.75 Å². The molecule has 3 unspecified atom stereocenters. The highest BCUT2D eigenvalue weighted by molar-refractivity contribution is 6.32. The topological polar surface area (TPSA) is 38.3 Å². The Kier molecular flexibility index (Phi) is 4.51. The maximum atomic E-state index is 12.7. The predicted molar refractivity (Wildman–Crippen MR) is 84.2 cm³/mol. The maximum Gasteiger partial charge on any atom is 0.179 e. The number of hydrogen-bond donors (Lipinski definition) is 1. The largest absolute Gasteiger partial charge is 0.495 e. The summed E-state index contributed by atoms with van der Waals surface area (Å²) in [5.74, 6) is 1.49. The molecule has 0 bridgehead atoms. The fraction of sp³-hybridized carbons (Fsp3) is 0.588. The van der Waals surface area contributed by atoms with Crippen LogP contribution in [0.1, 0.15) is 48.9 Å². The van der Waals surface area contributed by atoms with Gasteiger partial charge in [-0.15, -0.1) is 0 Å². The molecule has 3 nitrogen and oxygen atoms in total. The molecule has 3 atom stereocenters. The van der Waals surface area contributed by atoms with Crippen molar-refractivity contribution in [3.05, 3.63) is 28.8 Å². The molecule has 0 radical (unpaired) electrons. The number of hydrogen-bond acceptors (Lipinski definition) is 3. The van der Waals surface area contributed by atoms with Crippen LogP contribution in [0.3, 0.4) is 0 Å². The van der Waals surface area contributed by atoms with Crippen LogP contribution >= 0.6 is 11.6 Å². The first-order valence-electron chi connectivity index (χ1n) is 7.83. The molecule has 1 N–H and O–H groups in total. The second kappa shape index (κ2) is 6.37. The van der Waals surface area contributed by atoms with Gasteiger partial charge < -0.3 is 10.1 Å². The summed E-state index contributed by atoms with van der Waals surface area (Å²) in [4.78, 5) is 12.7. The van der Waals surface area contributed by atoms with Gasteiger partial charge in [-0.3, -0.25) is 4.79 Å². The number of piperidine rings is 1. The standard InChI is InChI=1S/C17H22ClNO2/c1-21-16-10-12(6-8-13(16)18)17(20)15-9-7-11-4-2-3-5-14(11)19-15/h6,8,10-11,14-15,19H,2-5,7,9H2,1H3. The molecule has 3 rings (SSSR count). The quantitative estimate of drug-likeness (QED) is 0.862. The number of fused-ring (bicyclic) bond motifs is 1. The molecule has 1 aromatic carbocycles. The summed E-state index contributed by atoms with van der Waals surface area (Å²) in [7, 11) is 1.57. The fourth-order valence-corrected chi connectivity index (χ4v) is 3.91. The van der Waals surface area contributed by atoms with Crippen molar-refractivity contribution in [3.8, 4) is 5.75 Å². The number of Topliss-reactive ketones (excluding diaryl/α,β-unsaturated/α-hetero) is 1. The van der Waals surface area contributed by atoms with Gasteiger partial charge in [-0.05, 0) is 49.8 Å². The molecule has 21 heavy (non-hydrogen) atoms. The number of halogens is 1. The monoisotopic (exact) mass is 307 g/mol. The van der Waals surface area contributed by atoms with Crippen molar-refractivity contribution in [1.82, 2.24) is 5.32 Å². The van der Waals surface area contributed by atoms with Gasteiger partial charge in [-0.25, -0.2) is 0 Å². The van der Waals surface area contributed by atoms with Gasteiger partial charge in [0, 0.05) is 11.6 Å². The minimum Gasteiger partial charge on any atom is -0.495 e. The van der Waals surface area contributed by atoms with Crippen LogP contribution in [0.4, 0.5) is 0 Å². The molecule has 1 saturated carbocycles. The maximum absolute atomic E-state index is 12.7. The number of ketones is 1. The number of nitrogens with one attached hydrogen (secondary N) is 1. The van der Waals surface area contributed by atoms with Gasteiger partial charge in [0.2, 0.25) is 0 Å². The summed E-state index contributed by atoms with van der Waals surface area (Å²) in [6.07, 6.45) is 7.25. The van der Waals surface area contributed by atoms with Gasteiger partial charge in [0.15, 0.2) is 5.78 Å². The predicted octanol–water partition coefficient (Wildman–Crippen LogP) is 3.84. The van der Waals surface area contributed by atoms with E-state index in [-0.39, 0.29) is 11.8 Å². The molecule has 0 aromatic heterocycles. The summed E-state index contributed by atoms with van der Waals surface area (Å²) >= 11 is 6.03. The Hall–Kier alpha value is -1.06. The molecule has 114 valence electrons. The van der Waals surface area contributed by atoms with Crippen LogP contribution in [0.2, 0.25) is 5.02 Å². The molecule has 4 heteroatoms. The molecule has 1 aliphatic heterocycles. The van der Waals surface area contributed by atoms with Crippen LogP contribution in [0, 0.1) is 5.92 Å². The minimum absolute atomic E-state index is 0.0600. The molecule has 1 saturated heterocycles. The zero-order valence-electron chi connectivity index (χ0n) is 12.4. The fourth-order valence-electron chi connectivity index (χ4n) is 3.72. The third kappa shape index (κ3) is 3.09. The Balaban J connectivity index is 1.73. The lowest BCUT2D eigenvalue weighted by Crippen LogP contribution is -2.52. The van der Waals surface area contributed by atoms with Crippen molar-refractivity contribution >= 4 is 17.4 Å². The number of carbonyl (C=O) groups is 1. The molecule has 1 aliphatic carbocycles. The summed E-state index contributed by atoms with van der Waals surface area (Å²) in [6, 6.07) is 5.74. The molecule has 2 aliphatic rings. The lowest BCUT2D eigenvalue weighted by molar-refractivity contribution is 0.0861. The van der Waals surface area contributed by atoms with E-state index in [0.717, 1.165) is 12.3 Å². The number of benzene rings is 1. The molecule has 1 aromatic rings. The SMILES string of the molecule is COc1cc(C(=O)C2CCC3CCCCC3N2)ccc1Cl. The number of carbonyl (C=O) groups excluding carboxylic acids is 1. The van der Waals surface area contributed by atoms with Crippen LogP contribution in [0.25, 0.3) is 0 Å². The Morgan fingerprint density at radius 1 is 1.24 bits per heavy atom. The zero-order chi connectivity index (χ0) is 14.8. The van der Waals surface area contributed by atoms with Gasteiger partial charge in [0.25, 0.3) is 0 Å². The lowest BCUT2D eigenvalue weighted by atomic mass is 9.77. The van der Waals surface area contributed by atoms with Gasteiger partial charge in [0.05, 0.1) is 18.2 Å². The lowest BCUT2D eigenvalue weighted by Gasteiger charge is -2.40. The van der Waals surface area contributed by atoms with E-state index in [1.54, 1.807) is 25.3 Å². The van der Waals surface area contributed by atoms with Crippen molar-refractivity contribution in [1.29, 1.82) is 0 Å². The van der Waals surface area contributed by atoms with Crippen molar-refractivity contribution < 1.29 is 9.53 Å². The van der Waals surface area contributed by atoms with E-state index < -0.39 is 0 Å². The normalized spacial score (nSPS) is 28.8. The first kappa shape index (κ1) is 14.9. The zero-order valence-corrected chi connectivity index (χ0v) is 13.2. The Bertz CT molecular complexity index is 532. The molecule has 1 heterocycles. The van der Waals surface area contributed by atoms with Gasteiger partial charge in [-0.1, -0.05) is 24.4 Å². The average Bonchev–Trinajstić information content (AvgIpc) is 2.54. The molecule has 0 spiro atoms. The highest BCUT2D eigenvalue weighted by Crippen LogP contribution is 2.33. The van der Waals surface area contributed by atoms with E-state index >= 15 is 0 Å². The second-order valence-corrected chi connectivity index (χ2v) is 6.57. The molecular weight excluding hydrogens is 286 g/mol. The minimum atomic E-state index is -0.0600. The Morgan fingerprint density at radius 3 is 2.86 bits per heavy atom. The molecule has 2 fully saturated rings. The molecule has 0 amide bonds. The third-order valence-electron chi connectivity index (χ3n) is 4.90. The van der Waals surface area contributed by atoms with Gasteiger partial charge in [0.1, 0.15) is 5.75 Å². The van der Waals surface area contributed by atoms with Crippen LogP contribution < -0.4 is 10.1 Å². The summed E-state index contributed by atoms with van der Waals surface area (Å²) in [5.41, 5.74) is 0.683. The van der Waals surface area contributed by atoms with Crippen molar-refractivity contribution in [2.24, 2.45) is 5.92 Å². The van der Waals surface area contributed by atoms with Gasteiger partial charge >= 0.3 is 0 Å². The smallest absolute Gasteiger partial charge is 0.179 e. The van der Waals surface area contributed by atoms with E-state index in [4.69, 9.17) is 16.3 Å². The Labute approximate surface area is 131 Å². The molecular formula is C17H22ClNO2. The number of ether oxygens (including phenoxy) is 1. The highest BCUT2D eigenvalue weighted by atomic mass is 35.5. The number of methoxy groups -OCH3 is 1. The second-order valence-electron chi connectivity index (χ2n) is 6.16. The highest BCUT2D eigenvalue weighted by Gasteiger charge is 2.34. The summed E-state index contributed by atoms with van der Waals surface area (Å²) in [5, 5.41) is 4.12. The Morgan fingerprint density at radius 2 is 2.05 bits per heavy atom. The summed E-state index contributed by atoms with van der Waals surface area (Å²) < 4.78 is 5.20. The summed E-state index contributed by atoms with van der Waals surface area (Å²) in [6.45, 7) is 0. The van der Waals surface area contributed by atoms with Crippen LogP contribution in [0.15, 0.2) is 18.2 Å². The first-order valence-corrected chi connectivity index (χ1v) is 8.20. The van der Waals surface area contributed by atoms with E-state index in [0.29, 0.717) is 22.4 Å². The van der Waals surface area contributed by atoms with Gasteiger partial charge in [-0.2, -0.15) is 0 Å². The van der Waals surface area contributed by atoms with E-state index in [9.17, 15) is 4.79 Å². The van der Waals surface area contributed by atoms with Crippen LogP contribution in [-0.2, 0) is 0 Å². The van der Waals surface area contributed by atoms with Crippen molar-refractivity contribution in [2.45, 2.75) is 50.6 Å². The van der Waals surface area contributed by atoms with Crippen molar-refractivity contribution in [2.75, 3.05) is 7.11 Å². The van der Waals surface area contributed by atoms with E-state index in [2.05, 4.69) is 5.32 Å². The van der Waals surface area contributed by atoms with Crippen LogP contribution in [-0.4, -0.2) is 25.0 Å². The van der Waals surface area contributed by atoms with Crippen molar-refractivity contribution in [3.63, 3.8) is 0 Å². The van der Waals surface area contributed by atoms with E-state index in [1.165, 1.54) is 32.1 Å². The first-order chi connectivity index (χ1) is 10.2. The average molecular weight is 308 g/mol. The van der Waals surface area contributed by atoms with E-state index in [1.807, 2.05) is 0 Å².